The molecule has 4 N–H and O–H groups in total. The zero-order valence-corrected chi connectivity index (χ0v) is 17.6. The summed E-state index contributed by atoms with van der Waals surface area (Å²) in [4.78, 5) is -0.298. The lowest BCUT2D eigenvalue weighted by Gasteiger charge is -2.14. The Morgan fingerprint density at radius 2 is 1.97 bits per heavy atom. The van der Waals surface area contributed by atoms with Crippen LogP contribution in [0.5, 0.6) is 5.75 Å². The zero-order chi connectivity index (χ0) is 21.2. The van der Waals surface area contributed by atoms with Gasteiger partial charge in [0.25, 0.3) is 0 Å². The number of hydrogen-bond acceptors (Lipinski definition) is 9. The van der Waals surface area contributed by atoms with Gasteiger partial charge in [-0.25, -0.2) is 13.1 Å². The largest absolute Gasteiger partial charge is 0.546 e. The SMILES string of the molecule is CC[C@@H](Nc1n[s+]([O-])nc1Nc1cccc(S(=O)(=O)NC)c1O)c1ccc(C)o1. The molecule has 0 bridgehead atoms. The molecule has 2 atom stereocenters. The molecule has 0 aliphatic carbocycles. The molecule has 0 saturated heterocycles. The van der Waals surface area contributed by atoms with Crippen LogP contribution < -0.4 is 15.4 Å². The number of aromatic hydroxyl groups is 1. The number of hydrogen-bond donors (Lipinski definition) is 4. The van der Waals surface area contributed by atoms with Crippen LogP contribution in [0.1, 0.15) is 30.9 Å². The molecule has 1 unspecified atom stereocenters. The van der Waals surface area contributed by atoms with Crippen LogP contribution in [0.4, 0.5) is 17.3 Å². The average molecular weight is 440 g/mol. The van der Waals surface area contributed by atoms with Crippen molar-refractivity contribution in [3.63, 3.8) is 0 Å². The Kier molecular flexibility index (Phi) is 6.07. The lowest BCUT2D eigenvalue weighted by atomic mass is 10.2. The minimum atomic E-state index is -3.86. The van der Waals surface area contributed by atoms with Gasteiger partial charge in [-0.05, 0) is 44.7 Å². The Hall–Kier alpha value is -2.67. The number of rotatable bonds is 8. The summed E-state index contributed by atoms with van der Waals surface area (Å²) >= 11 is -1.85. The molecule has 2 heterocycles. The third-order valence-corrected chi connectivity index (χ3v) is 6.32. The molecule has 0 saturated carbocycles. The summed E-state index contributed by atoms with van der Waals surface area (Å²) in [6.45, 7) is 3.78. The summed E-state index contributed by atoms with van der Waals surface area (Å²) < 4.78 is 51.6. The van der Waals surface area contributed by atoms with E-state index in [9.17, 15) is 18.1 Å². The highest BCUT2D eigenvalue weighted by Gasteiger charge is 2.24. The fraction of sp³-hybridized carbons (Fsp3) is 0.294. The molecule has 0 radical (unpaired) electrons. The van der Waals surface area contributed by atoms with E-state index in [1.807, 2.05) is 26.0 Å². The molecule has 12 heteroatoms. The van der Waals surface area contributed by atoms with E-state index < -0.39 is 26.9 Å². The highest BCUT2D eigenvalue weighted by molar-refractivity contribution is 7.89. The molecular formula is C17H21N5O5S2. The summed E-state index contributed by atoms with van der Waals surface area (Å²) in [5, 5.41) is 16.3. The number of anilines is 3. The van der Waals surface area contributed by atoms with E-state index in [0.29, 0.717) is 12.2 Å². The van der Waals surface area contributed by atoms with Gasteiger partial charge in [0.2, 0.25) is 21.7 Å². The van der Waals surface area contributed by atoms with E-state index >= 15 is 0 Å². The van der Waals surface area contributed by atoms with Crippen LogP contribution in [-0.4, -0.2) is 33.9 Å². The van der Waals surface area contributed by atoms with Crippen LogP contribution in [0.25, 0.3) is 0 Å². The van der Waals surface area contributed by atoms with Crippen molar-refractivity contribution < 1.29 is 22.5 Å². The molecule has 3 rings (SSSR count). The van der Waals surface area contributed by atoms with Crippen molar-refractivity contribution in [3.8, 4) is 5.75 Å². The second-order valence-electron chi connectivity index (χ2n) is 6.15. The Balaban J connectivity index is 1.91. The fourth-order valence-corrected chi connectivity index (χ4v) is 4.16. The van der Waals surface area contributed by atoms with Crippen LogP contribution in [-0.2, 0) is 10.0 Å². The Morgan fingerprint density at radius 1 is 1.24 bits per heavy atom. The minimum Gasteiger partial charge on any atom is -0.546 e. The number of para-hydroxylation sites is 1. The Bertz CT molecular complexity index is 1110. The molecule has 2 aromatic heterocycles. The van der Waals surface area contributed by atoms with Crippen LogP contribution in [0.2, 0.25) is 0 Å². The quantitative estimate of drug-likeness (QED) is 0.306. The first-order chi connectivity index (χ1) is 13.7. The highest BCUT2D eigenvalue weighted by Crippen LogP contribution is 2.36. The molecular weight excluding hydrogens is 418 g/mol. The second-order valence-corrected chi connectivity index (χ2v) is 8.83. The lowest BCUT2D eigenvalue weighted by Crippen LogP contribution is -2.18. The summed E-state index contributed by atoms with van der Waals surface area (Å²) in [6.07, 6.45) is 0.660. The third-order valence-electron chi connectivity index (χ3n) is 4.20. The molecule has 10 nitrogen and oxygen atoms in total. The molecule has 0 spiro atoms. The fourth-order valence-electron chi connectivity index (χ4n) is 2.70. The van der Waals surface area contributed by atoms with Gasteiger partial charge in [-0.15, -0.1) is 0 Å². The number of aromatic nitrogens is 2. The summed E-state index contributed by atoms with van der Waals surface area (Å²) in [5.74, 6) is 1.28. The number of phenolic OH excluding ortho intramolecular Hbond substituents is 1. The van der Waals surface area contributed by atoms with Gasteiger partial charge in [-0.2, -0.15) is 0 Å². The molecule has 0 aliphatic heterocycles. The standard InChI is InChI=1S/C17H21N5O5S2/c1-4-11(13-9-8-10(2)27-13)19-16-17(22-28(24)21-16)20-12-6-5-7-14(15(12)23)29(25,26)18-3/h5-9,11,18,23H,4H2,1-3H3,(H,19,21)(H,20,22)/t11-,28?/m1/s1. The van der Waals surface area contributed by atoms with Gasteiger partial charge in [0.05, 0.1) is 11.7 Å². The normalized spacial score (nSPS) is 13.3. The van der Waals surface area contributed by atoms with E-state index in [1.54, 1.807) is 0 Å². The Morgan fingerprint density at radius 3 is 2.59 bits per heavy atom. The van der Waals surface area contributed by atoms with Crippen molar-refractivity contribution in [2.45, 2.75) is 31.2 Å². The van der Waals surface area contributed by atoms with Crippen molar-refractivity contribution in [1.29, 1.82) is 0 Å². The van der Waals surface area contributed by atoms with Gasteiger partial charge in [-0.1, -0.05) is 13.0 Å². The van der Waals surface area contributed by atoms with E-state index in [2.05, 4.69) is 24.1 Å². The molecule has 1 aromatic carbocycles. The molecule has 29 heavy (non-hydrogen) atoms. The summed E-state index contributed by atoms with van der Waals surface area (Å²) in [7, 11) is -2.62. The van der Waals surface area contributed by atoms with Crippen molar-refractivity contribution in [1.82, 2.24) is 13.5 Å². The van der Waals surface area contributed by atoms with Crippen molar-refractivity contribution in [3.05, 3.63) is 41.9 Å². The van der Waals surface area contributed by atoms with Crippen molar-refractivity contribution in [2.75, 3.05) is 17.7 Å². The minimum absolute atomic E-state index is 0.0790. The van der Waals surface area contributed by atoms with Crippen molar-refractivity contribution >= 4 is 38.5 Å². The predicted octanol–water partition coefficient (Wildman–Crippen LogP) is 3.03. The number of benzene rings is 1. The molecule has 3 aromatic rings. The Labute approximate surface area is 171 Å². The van der Waals surface area contributed by atoms with E-state index in [0.717, 1.165) is 5.76 Å². The molecule has 156 valence electrons. The van der Waals surface area contributed by atoms with Crippen LogP contribution in [0.3, 0.4) is 0 Å². The van der Waals surface area contributed by atoms with Gasteiger partial charge in [-0.3, -0.25) is 0 Å². The first-order valence-electron chi connectivity index (χ1n) is 8.70. The van der Waals surface area contributed by atoms with Crippen LogP contribution in [0.15, 0.2) is 39.6 Å². The number of nitrogens with zero attached hydrogens (tertiary/aromatic N) is 2. The first kappa shape index (κ1) is 21.0. The number of sulfonamides is 1. The van der Waals surface area contributed by atoms with Gasteiger partial charge >= 0.3 is 0 Å². The zero-order valence-electron chi connectivity index (χ0n) is 16.0. The van der Waals surface area contributed by atoms with Gasteiger partial charge in [0, 0.05) is 8.75 Å². The van der Waals surface area contributed by atoms with Crippen LogP contribution >= 0.6 is 11.1 Å². The predicted molar refractivity (Wildman–Crippen MR) is 108 cm³/mol. The monoisotopic (exact) mass is 439 g/mol. The molecule has 0 fully saturated rings. The van der Waals surface area contributed by atoms with Crippen LogP contribution in [0, 0.1) is 6.92 Å². The smallest absolute Gasteiger partial charge is 0.244 e. The third kappa shape index (κ3) is 4.50. The van der Waals surface area contributed by atoms with Gasteiger partial charge < -0.3 is 24.7 Å². The summed E-state index contributed by atoms with van der Waals surface area (Å²) in [5.41, 5.74) is 0.0790. The van der Waals surface area contributed by atoms with E-state index in [1.165, 1.54) is 25.2 Å². The van der Waals surface area contributed by atoms with Gasteiger partial charge in [0.1, 0.15) is 16.4 Å². The topological polar surface area (TPSA) is 152 Å². The molecule has 0 aliphatic rings. The number of nitrogens with one attached hydrogen (secondary N) is 3. The maximum absolute atomic E-state index is 12.0. The maximum Gasteiger partial charge on any atom is 0.244 e. The van der Waals surface area contributed by atoms with E-state index in [-0.39, 0.29) is 28.3 Å². The summed E-state index contributed by atoms with van der Waals surface area (Å²) in [6, 6.07) is 7.63. The number of furan rings is 1. The maximum atomic E-state index is 12.0. The van der Waals surface area contributed by atoms with E-state index in [4.69, 9.17) is 4.42 Å². The first-order valence-corrected chi connectivity index (χ1v) is 11.2. The molecule has 0 amide bonds. The highest BCUT2D eigenvalue weighted by atomic mass is 32.2. The number of phenols is 1. The second kappa shape index (κ2) is 8.37. The number of aryl methyl sites for hydroxylation is 1. The average Bonchev–Trinajstić information content (AvgIpc) is 3.26. The van der Waals surface area contributed by atoms with Crippen molar-refractivity contribution in [2.24, 2.45) is 0 Å². The van der Waals surface area contributed by atoms with Gasteiger partial charge in [0.15, 0.2) is 16.9 Å². The lowest BCUT2D eigenvalue weighted by molar-refractivity contribution is 0.452.